The van der Waals surface area contributed by atoms with Gasteiger partial charge < -0.3 is 9.64 Å². The van der Waals surface area contributed by atoms with Gasteiger partial charge in [0.05, 0.1) is 12.2 Å². The Labute approximate surface area is 107 Å². The molecular weight excluding hydrogens is 210 g/mol. The molecule has 0 spiro atoms. The first-order chi connectivity index (χ1) is 8.31. The summed E-state index contributed by atoms with van der Waals surface area (Å²) >= 11 is 0. The van der Waals surface area contributed by atoms with Gasteiger partial charge in [0.15, 0.2) is 0 Å². The average molecular weight is 239 g/mol. The van der Waals surface area contributed by atoms with Gasteiger partial charge in [-0.3, -0.25) is 0 Å². The van der Waals surface area contributed by atoms with Crippen LogP contribution in [0.1, 0.15) is 58.8 Å². The number of likely N-dealkylation sites (tertiary alicyclic amines) is 1. The first-order valence-corrected chi connectivity index (χ1v) is 7.69. The van der Waals surface area contributed by atoms with Crippen molar-refractivity contribution in [1.29, 1.82) is 0 Å². The second-order valence-electron chi connectivity index (χ2n) is 5.82. The van der Waals surface area contributed by atoms with Crippen LogP contribution < -0.4 is 0 Å². The summed E-state index contributed by atoms with van der Waals surface area (Å²) in [5, 5.41) is 0. The molecule has 1 saturated carbocycles. The van der Waals surface area contributed by atoms with Crippen LogP contribution in [0.4, 0.5) is 0 Å². The Morgan fingerprint density at radius 3 is 2.00 bits per heavy atom. The van der Waals surface area contributed by atoms with E-state index in [9.17, 15) is 0 Å². The minimum absolute atomic E-state index is 0.556. The number of hydrogen-bond acceptors (Lipinski definition) is 2. The molecule has 0 bridgehead atoms. The molecule has 0 aromatic carbocycles. The van der Waals surface area contributed by atoms with E-state index >= 15 is 0 Å². The Morgan fingerprint density at radius 2 is 1.47 bits per heavy atom. The number of ether oxygens (including phenoxy) is 1. The molecule has 17 heavy (non-hydrogen) atoms. The molecule has 2 aliphatic rings. The summed E-state index contributed by atoms with van der Waals surface area (Å²) in [6.07, 6.45) is 10.4. The molecule has 0 aromatic rings. The van der Waals surface area contributed by atoms with Gasteiger partial charge in [-0.2, -0.15) is 0 Å². The Bertz CT molecular complexity index is 181. The van der Waals surface area contributed by atoms with Crippen molar-refractivity contribution < 1.29 is 4.74 Å². The van der Waals surface area contributed by atoms with Crippen molar-refractivity contribution >= 4 is 0 Å². The Hall–Kier alpha value is -0.0800. The van der Waals surface area contributed by atoms with Gasteiger partial charge in [-0.15, -0.1) is 0 Å². The van der Waals surface area contributed by atoms with Crippen molar-refractivity contribution in [1.82, 2.24) is 4.90 Å². The first kappa shape index (κ1) is 13.4. The minimum Gasteiger partial charge on any atom is -0.375 e. The molecule has 1 saturated heterocycles. The zero-order chi connectivity index (χ0) is 12.1. The summed E-state index contributed by atoms with van der Waals surface area (Å²) in [5.41, 5.74) is 0. The van der Waals surface area contributed by atoms with E-state index in [4.69, 9.17) is 4.74 Å². The lowest BCUT2D eigenvalue weighted by Crippen LogP contribution is -2.38. The molecule has 2 nitrogen and oxygen atoms in total. The van der Waals surface area contributed by atoms with Gasteiger partial charge in [-0.05, 0) is 51.0 Å². The molecule has 0 radical (unpaired) electrons. The van der Waals surface area contributed by atoms with Crippen molar-refractivity contribution in [2.75, 3.05) is 19.6 Å². The maximum atomic E-state index is 6.29. The second-order valence-corrected chi connectivity index (χ2v) is 5.82. The molecule has 0 amide bonds. The zero-order valence-corrected chi connectivity index (χ0v) is 11.7. The van der Waals surface area contributed by atoms with E-state index in [1.807, 2.05) is 0 Å². The quantitative estimate of drug-likeness (QED) is 0.745. The molecule has 1 aliphatic heterocycles. The van der Waals surface area contributed by atoms with Crippen molar-refractivity contribution in [2.24, 2.45) is 5.92 Å². The SMILES string of the molecule is CCC1CCC(OC2CCN(CC)CC2)CC1. The smallest absolute Gasteiger partial charge is 0.0603 e. The van der Waals surface area contributed by atoms with Crippen LogP contribution in [0.5, 0.6) is 0 Å². The molecule has 1 aliphatic carbocycles. The van der Waals surface area contributed by atoms with Crippen molar-refractivity contribution in [3.63, 3.8) is 0 Å². The fourth-order valence-corrected chi connectivity index (χ4v) is 3.31. The zero-order valence-electron chi connectivity index (χ0n) is 11.7. The predicted octanol–water partition coefficient (Wildman–Crippen LogP) is 3.46. The Morgan fingerprint density at radius 1 is 0.882 bits per heavy atom. The third kappa shape index (κ3) is 3.96. The monoisotopic (exact) mass is 239 g/mol. The number of rotatable bonds is 4. The maximum Gasteiger partial charge on any atom is 0.0603 e. The predicted molar refractivity (Wildman–Crippen MR) is 72.3 cm³/mol. The van der Waals surface area contributed by atoms with E-state index < -0.39 is 0 Å². The molecule has 0 aromatic heterocycles. The van der Waals surface area contributed by atoms with Gasteiger partial charge in [0.1, 0.15) is 0 Å². The molecule has 0 N–H and O–H groups in total. The maximum absolute atomic E-state index is 6.29. The summed E-state index contributed by atoms with van der Waals surface area (Å²) in [6, 6.07) is 0. The highest BCUT2D eigenvalue weighted by Crippen LogP contribution is 2.30. The highest BCUT2D eigenvalue weighted by Gasteiger charge is 2.25. The fourth-order valence-electron chi connectivity index (χ4n) is 3.31. The van der Waals surface area contributed by atoms with Crippen LogP contribution in [-0.2, 0) is 4.74 Å². The number of nitrogens with zero attached hydrogens (tertiary/aromatic N) is 1. The Balaban J connectivity index is 1.65. The first-order valence-electron chi connectivity index (χ1n) is 7.69. The highest BCUT2D eigenvalue weighted by molar-refractivity contribution is 4.76. The molecule has 2 fully saturated rings. The minimum atomic E-state index is 0.556. The third-order valence-corrected chi connectivity index (χ3v) is 4.74. The van der Waals surface area contributed by atoms with Gasteiger partial charge in [0.2, 0.25) is 0 Å². The standard InChI is InChI=1S/C15H29NO/c1-3-13-5-7-14(8-6-13)17-15-9-11-16(4-2)12-10-15/h13-15H,3-12H2,1-2H3. The lowest BCUT2D eigenvalue weighted by Gasteiger charge is -2.35. The van der Waals surface area contributed by atoms with E-state index in [0.29, 0.717) is 12.2 Å². The topological polar surface area (TPSA) is 12.5 Å². The lowest BCUT2D eigenvalue weighted by molar-refractivity contribution is -0.0604. The molecular formula is C15H29NO. The molecule has 100 valence electrons. The molecule has 0 atom stereocenters. The van der Waals surface area contributed by atoms with Crippen LogP contribution in [0.25, 0.3) is 0 Å². The molecule has 2 rings (SSSR count). The fraction of sp³-hybridized carbons (Fsp3) is 1.00. The number of hydrogen-bond donors (Lipinski definition) is 0. The van der Waals surface area contributed by atoms with Gasteiger partial charge in [-0.25, -0.2) is 0 Å². The van der Waals surface area contributed by atoms with Crippen LogP contribution >= 0.6 is 0 Å². The third-order valence-electron chi connectivity index (χ3n) is 4.74. The highest BCUT2D eigenvalue weighted by atomic mass is 16.5. The van der Waals surface area contributed by atoms with Crippen molar-refractivity contribution in [2.45, 2.75) is 71.0 Å². The van der Waals surface area contributed by atoms with Crippen LogP contribution in [0, 0.1) is 5.92 Å². The summed E-state index contributed by atoms with van der Waals surface area (Å²) in [6.45, 7) is 8.27. The number of piperidine rings is 1. The molecule has 0 unspecified atom stereocenters. The second kappa shape index (κ2) is 6.75. The Kier molecular flexibility index (Phi) is 5.30. The van der Waals surface area contributed by atoms with E-state index in [2.05, 4.69) is 18.7 Å². The van der Waals surface area contributed by atoms with E-state index in [0.717, 1.165) is 5.92 Å². The lowest BCUT2D eigenvalue weighted by atomic mass is 9.85. The molecule has 1 heterocycles. The van der Waals surface area contributed by atoms with Crippen molar-refractivity contribution in [3.8, 4) is 0 Å². The summed E-state index contributed by atoms with van der Waals surface area (Å²) in [5.74, 6) is 0.983. The van der Waals surface area contributed by atoms with Gasteiger partial charge in [0.25, 0.3) is 0 Å². The van der Waals surface area contributed by atoms with Gasteiger partial charge in [-0.1, -0.05) is 20.3 Å². The van der Waals surface area contributed by atoms with E-state index in [1.54, 1.807) is 0 Å². The van der Waals surface area contributed by atoms with Crippen LogP contribution in [-0.4, -0.2) is 36.7 Å². The normalized spacial score (nSPS) is 32.8. The van der Waals surface area contributed by atoms with E-state index in [1.165, 1.54) is 64.6 Å². The summed E-state index contributed by atoms with van der Waals surface area (Å²) < 4.78 is 6.29. The molecule has 2 heteroatoms. The van der Waals surface area contributed by atoms with Crippen LogP contribution in [0.2, 0.25) is 0 Å². The van der Waals surface area contributed by atoms with Gasteiger partial charge in [0, 0.05) is 13.1 Å². The largest absolute Gasteiger partial charge is 0.375 e. The summed E-state index contributed by atoms with van der Waals surface area (Å²) in [7, 11) is 0. The summed E-state index contributed by atoms with van der Waals surface area (Å²) in [4.78, 5) is 2.54. The van der Waals surface area contributed by atoms with Crippen LogP contribution in [0.3, 0.4) is 0 Å². The average Bonchev–Trinajstić information content (AvgIpc) is 2.40. The van der Waals surface area contributed by atoms with Crippen LogP contribution in [0.15, 0.2) is 0 Å². The van der Waals surface area contributed by atoms with E-state index in [-0.39, 0.29) is 0 Å². The van der Waals surface area contributed by atoms with Crippen molar-refractivity contribution in [3.05, 3.63) is 0 Å². The van der Waals surface area contributed by atoms with Gasteiger partial charge >= 0.3 is 0 Å².